The summed E-state index contributed by atoms with van der Waals surface area (Å²) in [5.41, 5.74) is 0. The Kier molecular flexibility index (Phi) is 15.6. The number of esters is 2. The van der Waals surface area contributed by atoms with E-state index in [1.807, 2.05) is 0 Å². The molecule has 0 aromatic heterocycles. The summed E-state index contributed by atoms with van der Waals surface area (Å²) in [6.45, 7) is 6.36. The Hall–Kier alpha value is -1.59. The van der Waals surface area contributed by atoms with E-state index in [1.54, 1.807) is 0 Å². The van der Waals surface area contributed by atoms with Crippen LogP contribution in [0.5, 0.6) is 0 Å². The van der Waals surface area contributed by atoms with Gasteiger partial charge in [0.2, 0.25) is 0 Å². The Morgan fingerprint density at radius 1 is 0.741 bits per heavy atom. The number of hydrogen-bond donors (Lipinski definition) is 1. The summed E-state index contributed by atoms with van der Waals surface area (Å²) in [6.07, 6.45) is 9.87. The van der Waals surface area contributed by atoms with Crippen molar-refractivity contribution in [1.29, 1.82) is 0 Å². The molecule has 0 aromatic carbocycles. The minimum atomic E-state index is -1.13. The first-order valence-electron chi connectivity index (χ1n) is 10.5. The lowest BCUT2D eigenvalue weighted by Crippen LogP contribution is -2.32. The zero-order chi connectivity index (χ0) is 20.5. The molecule has 0 rings (SSSR count). The van der Waals surface area contributed by atoms with Crippen LogP contribution >= 0.6 is 0 Å². The number of carbonyl (C=O) groups excluding carboxylic acids is 2. The van der Waals surface area contributed by atoms with Crippen molar-refractivity contribution < 1.29 is 29.0 Å². The van der Waals surface area contributed by atoms with Crippen molar-refractivity contribution in [2.75, 3.05) is 13.2 Å². The summed E-state index contributed by atoms with van der Waals surface area (Å²) >= 11 is 0. The smallest absolute Gasteiger partial charge is 0.310 e. The van der Waals surface area contributed by atoms with Gasteiger partial charge >= 0.3 is 17.9 Å². The maximum absolute atomic E-state index is 12.3. The highest BCUT2D eigenvalue weighted by molar-refractivity contribution is 5.85. The summed E-state index contributed by atoms with van der Waals surface area (Å²) in [6, 6.07) is 0. The number of aliphatic carboxylic acids is 1. The van der Waals surface area contributed by atoms with E-state index in [4.69, 9.17) is 14.6 Å². The van der Waals surface area contributed by atoms with Gasteiger partial charge in [0.05, 0.1) is 31.5 Å². The van der Waals surface area contributed by atoms with Crippen molar-refractivity contribution >= 4 is 17.9 Å². The lowest BCUT2D eigenvalue weighted by Gasteiger charge is -2.20. The number of rotatable bonds is 17. The fraction of sp³-hybridized carbons (Fsp3) is 0.857. The predicted octanol–water partition coefficient (Wildman–Crippen LogP) is 4.74. The van der Waals surface area contributed by atoms with E-state index in [2.05, 4.69) is 13.8 Å². The molecule has 158 valence electrons. The maximum Gasteiger partial charge on any atom is 0.310 e. The normalized spacial score (nSPS) is 13.0. The Morgan fingerprint density at radius 2 is 1.19 bits per heavy atom. The second-order valence-corrected chi connectivity index (χ2v) is 7.16. The number of carboxylic acid groups (broad SMARTS) is 1. The Morgan fingerprint density at radius 3 is 1.63 bits per heavy atom. The Labute approximate surface area is 164 Å². The lowest BCUT2D eigenvalue weighted by atomic mass is 9.91. The molecular formula is C21H38O6. The van der Waals surface area contributed by atoms with E-state index in [0.717, 1.165) is 64.2 Å². The van der Waals surface area contributed by atoms with E-state index < -0.39 is 36.2 Å². The number of carbonyl (C=O) groups is 3. The van der Waals surface area contributed by atoms with E-state index in [0.29, 0.717) is 6.61 Å². The summed E-state index contributed by atoms with van der Waals surface area (Å²) in [5.74, 6) is -4.12. The first kappa shape index (κ1) is 25.4. The third-order valence-electron chi connectivity index (χ3n) is 4.66. The van der Waals surface area contributed by atoms with Crippen LogP contribution in [0.4, 0.5) is 0 Å². The summed E-state index contributed by atoms with van der Waals surface area (Å²) < 4.78 is 10.4. The molecule has 0 bridgehead atoms. The zero-order valence-electron chi connectivity index (χ0n) is 17.3. The van der Waals surface area contributed by atoms with Crippen molar-refractivity contribution in [3.63, 3.8) is 0 Å². The van der Waals surface area contributed by atoms with Crippen molar-refractivity contribution in [2.24, 2.45) is 11.8 Å². The molecule has 0 aromatic rings. The predicted molar refractivity (Wildman–Crippen MR) is 104 cm³/mol. The SMILES string of the molecule is CCCCCCCOC(=O)C(C)C(CC(=O)O)C(=O)OCCCCCCC. The standard InChI is InChI=1S/C21H38O6/c1-4-6-8-10-12-14-26-20(24)17(3)18(16-19(22)23)21(25)27-15-13-11-9-7-5-2/h17-18H,4-16H2,1-3H3,(H,22,23). The van der Waals surface area contributed by atoms with Gasteiger partial charge in [-0.1, -0.05) is 72.1 Å². The van der Waals surface area contributed by atoms with Gasteiger partial charge < -0.3 is 14.6 Å². The molecule has 0 amide bonds. The van der Waals surface area contributed by atoms with Gasteiger partial charge in [-0.2, -0.15) is 0 Å². The first-order chi connectivity index (χ1) is 12.9. The Balaban J connectivity index is 4.35. The van der Waals surface area contributed by atoms with Crippen LogP contribution in [0.25, 0.3) is 0 Å². The summed E-state index contributed by atoms with van der Waals surface area (Å²) in [5, 5.41) is 9.07. The fourth-order valence-corrected chi connectivity index (χ4v) is 2.81. The molecule has 0 saturated carbocycles. The summed E-state index contributed by atoms with van der Waals surface area (Å²) in [4.78, 5) is 35.5. The molecule has 0 aliphatic carbocycles. The molecule has 0 saturated heterocycles. The zero-order valence-corrected chi connectivity index (χ0v) is 17.3. The van der Waals surface area contributed by atoms with Crippen LogP contribution in [0.1, 0.15) is 91.4 Å². The molecule has 1 N–H and O–H groups in total. The highest BCUT2D eigenvalue weighted by Gasteiger charge is 2.34. The van der Waals surface area contributed by atoms with Crippen molar-refractivity contribution in [1.82, 2.24) is 0 Å². The molecule has 0 radical (unpaired) electrons. The number of ether oxygens (including phenoxy) is 2. The van der Waals surface area contributed by atoms with Gasteiger partial charge in [-0.25, -0.2) is 0 Å². The molecule has 2 unspecified atom stereocenters. The Bertz CT molecular complexity index is 421. The van der Waals surface area contributed by atoms with Crippen LogP contribution in [0.2, 0.25) is 0 Å². The third-order valence-corrected chi connectivity index (χ3v) is 4.66. The molecule has 0 spiro atoms. The van der Waals surface area contributed by atoms with Crippen molar-refractivity contribution in [3.05, 3.63) is 0 Å². The van der Waals surface area contributed by atoms with E-state index in [1.165, 1.54) is 6.92 Å². The van der Waals surface area contributed by atoms with Gasteiger partial charge in [0.25, 0.3) is 0 Å². The molecule has 0 aliphatic rings. The highest BCUT2D eigenvalue weighted by Crippen LogP contribution is 2.20. The molecule has 6 heteroatoms. The average Bonchev–Trinajstić information content (AvgIpc) is 2.64. The van der Waals surface area contributed by atoms with Gasteiger partial charge in [-0.3, -0.25) is 14.4 Å². The number of hydrogen-bond acceptors (Lipinski definition) is 5. The molecule has 0 fully saturated rings. The topological polar surface area (TPSA) is 89.9 Å². The minimum Gasteiger partial charge on any atom is -0.481 e. The van der Waals surface area contributed by atoms with Crippen LogP contribution < -0.4 is 0 Å². The quantitative estimate of drug-likeness (QED) is 0.287. The van der Waals surface area contributed by atoms with E-state index in [9.17, 15) is 14.4 Å². The summed E-state index contributed by atoms with van der Waals surface area (Å²) in [7, 11) is 0. The van der Waals surface area contributed by atoms with Crippen molar-refractivity contribution in [2.45, 2.75) is 91.4 Å². The van der Waals surface area contributed by atoms with Crippen LogP contribution in [0.3, 0.4) is 0 Å². The largest absolute Gasteiger partial charge is 0.481 e. The minimum absolute atomic E-state index is 0.262. The van der Waals surface area contributed by atoms with Crippen LogP contribution in [0, 0.1) is 11.8 Å². The van der Waals surface area contributed by atoms with Crippen LogP contribution in [-0.2, 0) is 23.9 Å². The molecule has 2 atom stereocenters. The fourth-order valence-electron chi connectivity index (χ4n) is 2.81. The first-order valence-corrected chi connectivity index (χ1v) is 10.5. The van der Waals surface area contributed by atoms with E-state index in [-0.39, 0.29) is 6.61 Å². The maximum atomic E-state index is 12.3. The van der Waals surface area contributed by atoms with Gasteiger partial charge in [0.1, 0.15) is 0 Å². The second-order valence-electron chi connectivity index (χ2n) is 7.16. The molecule has 0 heterocycles. The second kappa shape index (κ2) is 16.6. The van der Waals surface area contributed by atoms with Gasteiger partial charge in [0.15, 0.2) is 0 Å². The van der Waals surface area contributed by atoms with E-state index >= 15 is 0 Å². The molecule has 27 heavy (non-hydrogen) atoms. The molecule has 0 aliphatic heterocycles. The monoisotopic (exact) mass is 386 g/mol. The van der Waals surface area contributed by atoms with Crippen LogP contribution in [0.15, 0.2) is 0 Å². The third kappa shape index (κ3) is 13.3. The van der Waals surface area contributed by atoms with Gasteiger partial charge in [-0.05, 0) is 12.8 Å². The average molecular weight is 387 g/mol. The van der Waals surface area contributed by atoms with Gasteiger partial charge in [-0.15, -0.1) is 0 Å². The number of unbranched alkanes of at least 4 members (excludes halogenated alkanes) is 8. The molecular weight excluding hydrogens is 348 g/mol. The van der Waals surface area contributed by atoms with Gasteiger partial charge in [0, 0.05) is 0 Å². The lowest BCUT2D eigenvalue weighted by molar-refractivity contribution is -0.162. The highest BCUT2D eigenvalue weighted by atomic mass is 16.5. The number of carboxylic acids is 1. The van der Waals surface area contributed by atoms with Crippen molar-refractivity contribution in [3.8, 4) is 0 Å². The van der Waals surface area contributed by atoms with Crippen LogP contribution in [-0.4, -0.2) is 36.2 Å². The molecule has 6 nitrogen and oxygen atoms in total.